The molecular formula is C28H42N4O2. The van der Waals surface area contributed by atoms with Gasteiger partial charge in [-0.1, -0.05) is 32.4 Å². The third-order valence-electron chi connectivity index (χ3n) is 7.13. The molecule has 1 N–H and O–H groups in total. The lowest BCUT2D eigenvalue weighted by atomic mass is 9.71. The minimum atomic E-state index is -0.374. The number of aromatic hydroxyl groups is 1. The van der Waals surface area contributed by atoms with E-state index >= 15 is 0 Å². The van der Waals surface area contributed by atoms with Crippen molar-refractivity contribution in [3.05, 3.63) is 53.6 Å². The normalized spacial score (nSPS) is 17.2. The predicted octanol–water partition coefficient (Wildman–Crippen LogP) is 5.26. The molecule has 1 amide bonds. The molecule has 1 saturated heterocycles. The van der Waals surface area contributed by atoms with Gasteiger partial charge >= 0.3 is 0 Å². The molecule has 0 radical (unpaired) electrons. The first-order chi connectivity index (χ1) is 16.2. The fraction of sp³-hybridized carbons (Fsp3) is 0.607. The molecule has 2 aromatic rings. The number of aromatic nitrogens is 2. The van der Waals surface area contributed by atoms with Crippen molar-refractivity contribution in [2.45, 2.75) is 84.7 Å². The summed E-state index contributed by atoms with van der Waals surface area (Å²) in [5.74, 6) is 1.64. The lowest BCUT2D eigenvalue weighted by molar-refractivity contribution is 0.0642. The van der Waals surface area contributed by atoms with Gasteiger partial charge in [-0.15, -0.1) is 0 Å². The van der Waals surface area contributed by atoms with Crippen LogP contribution in [0, 0.1) is 5.92 Å². The first kappa shape index (κ1) is 26.1. The number of piperidine rings is 1. The van der Waals surface area contributed by atoms with E-state index in [0.717, 1.165) is 43.9 Å². The Morgan fingerprint density at radius 3 is 2.24 bits per heavy atom. The first-order valence-electron chi connectivity index (χ1n) is 12.8. The third-order valence-corrected chi connectivity index (χ3v) is 7.13. The van der Waals surface area contributed by atoms with Crippen molar-refractivity contribution in [1.29, 1.82) is 0 Å². The van der Waals surface area contributed by atoms with Gasteiger partial charge < -0.3 is 14.9 Å². The zero-order chi connectivity index (χ0) is 24.9. The zero-order valence-corrected chi connectivity index (χ0v) is 21.8. The lowest BCUT2D eigenvalue weighted by Crippen LogP contribution is -2.45. The van der Waals surface area contributed by atoms with Crippen molar-refractivity contribution in [2.75, 3.05) is 19.6 Å². The summed E-state index contributed by atoms with van der Waals surface area (Å²) >= 11 is 0. The van der Waals surface area contributed by atoms with Gasteiger partial charge in [-0.3, -0.25) is 4.79 Å². The molecule has 186 valence electrons. The molecule has 2 heterocycles. The van der Waals surface area contributed by atoms with Crippen molar-refractivity contribution in [1.82, 2.24) is 19.8 Å². The van der Waals surface area contributed by atoms with Crippen LogP contribution in [0.3, 0.4) is 0 Å². The van der Waals surface area contributed by atoms with Gasteiger partial charge in [0.05, 0.1) is 11.0 Å². The fourth-order valence-corrected chi connectivity index (χ4v) is 5.49. The number of amides is 1. The van der Waals surface area contributed by atoms with Gasteiger partial charge in [0, 0.05) is 31.0 Å². The Bertz CT molecular complexity index is 926. The minimum Gasteiger partial charge on any atom is -0.508 e. The maximum atomic E-state index is 13.1. The summed E-state index contributed by atoms with van der Waals surface area (Å²) in [5, 5.41) is 10.2. The van der Waals surface area contributed by atoms with E-state index in [-0.39, 0.29) is 29.2 Å². The smallest absolute Gasteiger partial charge is 0.257 e. The molecule has 0 bridgehead atoms. The SMILES string of the molecule is CCCC(C)CN1CCC(c2cccc(O)c2)(c2ncc(C(=O)N(C(C)C)C(C)C)cn2)CC1. The van der Waals surface area contributed by atoms with Crippen LogP contribution in [0.2, 0.25) is 0 Å². The summed E-state index contributed by atoms with van der Waals surface area (Å²) in [5.41, 5.74) is 1.18. The van der Waals surface area contributed by atoms with Crippen molar-refractivity contribution in [2.24, 2.45) is 5.92 Å². The number of phenols is 1. The number of rotatable bonds is 9. The molecule has 1 aromatic heterocycles. The standard InChI is InChI=1S/C28H42N4O2/c1-7-9-22(6)19-31-14-12-28(13-15-31,24-10-8-11-25(33)16-24)27-29-17-23(18-30-27)26(34)32(20(2)3)21(4)5/h8,10-11,16-18,20-22,33H,7,9,12-15,19H2,1-6H3. The Morgan fingerprint density at radius 2 is 1.71 bits per heavy atom. The molecule has 1 aromatic carbocycles. The predicted molar refractivity (Wildman–Crippen MR) is 137 cm³/mol. The second-order valence-electron chi connectivity index (χ2n) is 10.5. The van der Waals surface area contributed by atoms with E-state index in [1.54, 1.807) is 18.5 Å². The van der Waals surface area contributed by atoms with E-state index in [2.05, 4.69) is 24.8 Å². The molecule has 1 atom stereocenters. The Hall–Kier alpha value is -2.47. The van der Waals surface area contributed by atoms with Crippen LogP contribution in [-0.2, 0) is 5.41 Å². The van der Waals surface area contributed by atoms with Gasteiger partial charge in [-0.25, -0.2) is 9.97 Å². The lowest BCUT2D eigenvalue weighted by Gasteiger charge is -2.42. The second-order valence-corrected chi connectivity index (χ2v) is 10.5. The second kappa shape index (κ2) is 11.3. The van der Waals surface area contributed by atoms with Gasteiger partial charge in [0.15, 0.2) is 0 Å². The van der Waals surface area contributed by atoms with Gasteiger partial charge in [0.2, 0.25) is 0 Å². The van der Waals surface area contributed by atoms with E-state index in [1.165, 1.54) is 12.8 Å². The van der Waals surface area contributed by atoms with Crippen molar-refractivity contribution in [3.63, 3.8) is 0 Å². The minimum absolute atomic E-state index is 0.0392. The summed E-state index contributed by atoms with van der Waals surface area (Å²) in [6.07, 6.45) is 7.59. The average Bonchev–Trinajstić information content (AvgIpc) is 2.79. The van der Waals surface area contributed by atoms with Gasteiger partial charge in [0.25, 0.3) is 5.91 Å². The van der Waals surface area contributed by atoms with Crippen LogP contribution >= 0.6 is 0 Å². The number of phenolic OH excluding ortho intramolecular Hbond substituents is 1. The van der Waals surface area contributed by atoms with Crippen LogP contribution in [0.1, 0.15) is 89.0 Å². The molecule has 6 heteroatoms. The molecule has 1 aliphatic heterocycles. The topological polar surface area (TPSA) is 69.6 Å². The highest BCUT2D eigenvalue weighted by Gasteiger charge is 2.41. The van der Waals surface area contributed by atoms with Crippen LogP contribution in [0.15, 0.2) is 36.7 Å². The number of carbonyl (C=O) groups excluding carboxylic acids is 1. The van der Waals surface area contributed by atoms with E-state index in [4.69, 9.17) is 9.97 Å². The van der Waals surface area contributed by atoms with E-state index in [0.29, 0.717) is 11.5 Å². The van der Waals surface area contributed by atoms with Gasteiger partial charge in [0.1, 0.15) is 11.6 Å². The highest BCUT2D eigenvalue weighted by atomic mass is 16.3. The number of nitrogens with zero attached hydrogens (tertiary/aromatic N) is 4. The van der Waals surface area contributed by atoms with E-state index in [9.17, 15) is 9.90 Å². The molecule has 0 aliphatic carbocycles. The maximum Gasteiger partial charge on any atom is 0.257 e. The fourth-order valence-electron chi connectivity index (χ4n) is 5.49. The van der Waals surface area contributed by atoms with Crippen LogP contribution in [-0.4, -0.2) is 62.5 Å². The highest BCUT2D eigenvalue weighted by Crippen LogP contribution is 2.41. The van der Waals surface area contributed by atoms with Gasteiger partial charge in [-0.05, 0) is 83.7 Å². The summed E-state index contributed by atoms with van der Waals surface area (Å²) in [4.78, 5) is 27.0. The Kier molecular flexibility index (Phi) is 8.69. The molecule has 6 nitrogen and oxygen atoms in total. The molecular weight excluding hydrogens is 424 g/mol. The number of likely N-dealkylation sites (tertiary alicyclic amines) is 1. The zero-order valence-electron chi connectivity index (χ0n) is 21.8. The average molecular weight is 467 g/mol. The summed E-state index contributed by atoms with van der Waals surface area (Å²) in [6.45, 7) is 15.7. The van der Waals surface area contributed by atoms with Crippen LogP contribution in [0.25, 0.3) is 0 Å². The quantitative estimate of drug-likeness (QED) is 0.546. The molecule has 34 heavy (non-hydrogen) atoms. The van der Waals surface area contributed by atoms with Crippen LogP contribution < -0.4 is 0 Å². The Morgan fingerprint density at radius 1 is 1.09 bits per heavy atom. The largest absolute Gasteiger partial charge is 0.508 e. The molecule has 1 fully saturated rings. The van der Waals surface area contributed by atoms with Crippen molar-refractivity contribution < 1.29 is 9.90 Å². The maximum absolute atomic E-state index is 13.1. The number of hydrogen-bond acceptors (Lipinski definition) is 5. The number of hydrogen-bond donors (Lipinski definition) is 1. The number of carbonyl (C=O) groups is 1. The summed E-state index contributed by atoms with van der Waals surface area (Å²) in [7, 11) is 0. The Balaban J connectivity index is 1.89. The molecule has 3 rings (SSSR count). The number of benzene rings is 1. The summed E-state index contributed by atoms with van der Waals surface area (Å²) < 4.78 is 0. The van der Waals surface area contributed by atoms with E-state index in [1.807, 2.05) is 44.7 Å². The molecule has 0 saturated carbocycles. The van der Waals surface area contributed by atoms with Crippen LogP contribution in [0.5, 0.6) is 5.75 Å². The highest BCUT2D eigenvalue weighted by molar-refractivity contribution is 5.94. The van der Waals surface area contributed by atoms with Gasteiger partial charge in [-0.2, -0.15) is 0 Å². The monoisotopic (exact) mass is 466 g/mol. The molecule has 1 aliphatic rings. The van der Waals surface area contributed by atoms with Crippen LogP contribution in [0.4, 0.5) is 0 Å². The van der Waals surface area contributed by atoms with Crippen molar-refractivity contribution >= 4 is 5.91 Å². The van der Waals surface area contributed by atoms with E-state index < -0.39 is 0 Å². The van der Waals surface area contributed by atoms with Crippen molar-refractivity contribution in [3.8, 4) is 5.75 Å². The molecule has 1 unspecified atom stereocenters. The third kappa shape index (κ3) is 5.77. The molecule has 0 spiro atoms. The summed E-state index contributed by atoms with van der Waals surface area (Å²) in [6, 6.07) is 7.71. The Labute approximate surface area is 205 Å². The first-order valence-corrected chi connectivity index (χ1v) is 12.8.